The van der Waals surface area contributed by atoms with Gasteiger partial charge in [0.15, 0.2) is 0 Å². The van der Waals surface area contributed by atoms with E-state index in [4.69, 9.17) is 16.3 Å². The largest absolute Gasteiger partial charge is 0.374 e. The van der Waals surface area contributed by atoms with Crippen LogP contribution in [-0.2, 0) is 22.7 Å². The second-order valence-corrected chi connectivity index (χ2v) is 7.61. The average molecular weight is 401 g/mol. The minimum Gasteiger partial charge on any atom is -0.374 e. The Kier molecular flexibility index (Phi) is 6.70. The molecule has 1 saturated heterocycles. The molecule has 6 heteroatoms. The fourth-order valence-electron chi connectivity index (χ4n) is 3.12. The molecule has 3 rings (SSSR count). The Morgan fingerprint density at radius 2 is 1.89 bits per heavy atom. The Morgan fingerprint density at radius 1 is 1.18 bits per heavy atom. The van der Waals surface area contributed by atoms with Gasteiger partial charge in [-0.1, -0.05) is 35.9 Å². The topological polar surface area (TPSA) is 58.6 Å². The van der Waals surface area contributed by atoms with E-state index in [2.05, 4.69) is 5.32 Å². The van der Waals surface area contributed by atoms with Crippen LogP contribution in [0.3, 0.4) is 0 Å². The van der Waals surface area contributed by atoms with Crippen LogP contribution in [0.5, 0.6) is 0 Å². The number of carbonyl (C=O) groups excluding carboxylic acids is 2. The summed E-state index contributed by atoms with van der Waals surface area (Å²) in [5.74, 6) is -0.200. The lowest BCUT2D eigenvalue weighted by Crippen LogP contribution is -2.29. The van der Waals surface area contributed by atoms with Gasteiger partial charge in [0.1, 0.15) is 0 Å². The number of ether oxygens (including phenoxy) is 1. The van der Waals surface area contributed by atoms with Crippen LogP contribution in [0.15, 0.2) is 42.5 Å². The second-order valence-electron chi connectivity index (χ2n) is 7.17. The first-order valence-electron chi connectivity index (χ1n) is 9.51. The maximum absolute atomic E-state index is 12.7. The van der Waals surface area contributed by atoms with Crippen LogP contribution in [0, 0.1) is 0 Å². The number of anilines is 1. The maximum atomic E-state index is 12.7. The van der Waals surface area contributed by atoms with Crippen LogP contribution in [0.25, 0.3) is 0 Å². The lowest BCUT2D eigenvalue weighted by Gasteiger charge is -2.20. The van der Waals surface area contributed by atoms with Gasteiger partial charge in [-0.2, -0.15) is 0 Å². The van der Waals surface area contributed by atoms with Crippen molar-refractivity contribution >= 4 is 29.1 Å². The standard InChI is InChI=1S/C22H25ClN2O3/c1-15(2)28-14-17-7-5-16(6-8-17)13-24-22(27)19-10-9-18(23)12-20(19)25-11-3-4-21(25)26/h5-10,12,15H,3-4,11,13-14H2,1-2H3,(H,24,27). The zero-order chi connectivity index (χ0) is 20.1. The minimum absolute atomic E-state index is 0.0236. The molecule has 0 spiro atoms. The Balaban J connectivity index is 1.66. The van der Waals surface area contributed by atoms with Gasteiger partial charge in [0.25, 0.3) is 5.91 Å². The van der Waals surface area contributed by atoms with Crippen LogP contribution in [0.2, 0.25) is 5.02 Å². The highest BCUT2D eigenvalue weighted by atomic mass is 35.5. The molecule has 1 aliphatic heterocycles. The van der Waals surface area contributed by atoms with Crippen LogP contribution in [0.4, 0.5) is 5.69 Å². The average Bonchev–Trinajstić information content (AvgIpc) is 3.11. The van der Waals surface area contributed by atoms with Crippen molar-refractivity contribution < 1.29 is 14.3 Å². The summed E-state index contributed by atoms with van der Waals surface area (Å²) < 4.78 is 5.59. The van der Waals surface area contributed by atoms with E-state index in [1.165, 1.54) is 0 Å². The Labute approximate surface area is 170 Å². The van der Waals surface area contributed by atoms with Gasteiger partial charge < -0.3 is 15.0 Å². The number of amides is 2. The molecule has 0 atom stereocenters. The van der Waals surface area contributed by atoms with Gasteiger partial charge in [0.05, 0.1) is 24.0 Å². The van der Waals surface area contributed by atoms with Crippen molar-refractivity contribution in [1.82, 2.24) is 5.32 Å². The smallest absolute Gasteiger partial charge is 0.253 e. The summed E-state index contributed by atoms with van der Waals surface area (Å²) in [6.07, 6.45) is 1.48. The molecule has 1 heterocycles. The molecule has 148 valence electrons. The van der Waals surface area contributed by atoms with Gasteiger partial charge in [-0.15, -0.1) is 0 Å². The third-order valence-corrected chi connectivity index (χ3v) is 4.86. The van der Waals surface area contributed by atoms with E-state index in [-0.39, 0.29) is 17.9 Å². The van der Waals surface area contributed by atoms with Gasteiger partial charge in [0, 0.05) is 24.5 Å². The molecule has 0 radical (unpaired) electrons. The van der Waals surface area contributed by atoms with Crippen molar-refractivity contribution in [2.45, 2.75) is 45.9 Å². The van der Waals surface area contributed by atoms with Crippen molar-refractivity contribution in [2.75, 3.05) is 11.4 Å². The van der Waals surface area contributed by atoms with Crippen molar-refractivity contribution in [2.24, 2.45) is 0 Å². The highest BCUT2D eigenvalue weighted by Crippen LogP contribution is 2.28. The van der Waals surface area contributed by atoms with Gasteiger partial charge in [0.2, 0.25) is 5.91 Å². The predicted molar refractivity (Wildman–Crippen MR) is 111 cm³/mol. The minimum atomic E-state index is -0.224. The second kappa shape index (κ2) is 9.22. The molecule has 0 unspecified atom stereocenters. The molecule has 5 nitrogen and oxygen atoms in total. The van der Waals surface area contributed by atoms with E-state index >= 15 is 0 Å². The van der Waals surface area contributed by atoms with Crippen LogP contribution in [-0.4, -0.2) is 24.5 Å². The van der Waals surface area contributed by atoms with E-state index in [1.807, 2.05) is 38.1 Å². The third kappa shape index (κ3) is 5.12. The summed E-state index contributed by atoms with van der Waals surface area (Å²) in [4.78, 5) is 26.5. The fraction of sp³-hybridized carbons (Fsp3) is 0.364. The number of benzene rings is 2. The molecule has 1 aliphatic rings. The third-order valence-electron chi connectivity index (χ3n) is 4.63. The van der Waals surface area contributed by atoms with Crippen molar-refractivity contribution in [3.63, 3.8) is 0 Å². The maximum Gasteiger partial charge on any atom is 0.253 e. The first-order valence-corrected chi connectivity index (χ1v) is 9.89. The molecule has 2 aromatic rings. The normalized spacial score (nSPS) is 14.0. The number of hydrogen-bond acceptors (Lipinski definition) is 3. The summed E-state index contributed by atoms with van der Waals surface area (Å²) >= 11 is 6.10. The predicted octanol–water partition coefficient (Wildman–Crippen LogP) is 4.32. The van der Waals surface area contributed by atoms with Gasteiger partial charge in [-0.25, -0.2) is 0 Å². The van der Waals surface area contributed by atoms with E-state index < -0.39 is 0 Å². The number of rotatable bonds is 7. The molecule has 28 heavy (non-hydrogen) atoms. The molecule has 0 saturated carbocycles. The lowest BCUT2D eigenvalue weighted by molar-refractivity contribution is -0.117. The molecule has 2 aromatic carbocycles. The van der Waals surface area contributed by atoms with Crippen LogP contribution in [0.1, 0.15) is 48.2 Å². The first kappa shape index (κ1) is 20.4. The highest BCUT2D eigenvalue weighted by molar-refractivity contribution is 6.31. The van der Waals surface area contributed by atoms with E-state index in [0.29, 0.717) is 42.4 Å². The monoisotopic (exact) mass is 400 g/mol. The summed E-state index contributed by atoms with van der Waals surface area (Å²) in [5, 5.41) is 3.44. The molecule has 0 aliphatic carbocycles. The fourth-order valence-corrected chi connectivity index (χ4v) is 3.28. The zero-order valence-electron chi connectivity index (χ0n) is 16.2. The Bertz CT molecular complexity index is 849. The number of carbonyl (C=O) groups is 2. The molecule has 1 N–H and O–H groups in total. The number of hydrogen-bond donors (Lipinski definition) is 1. The Hall–Kier alpha value is -2.37. The summed E-state index contributed by atoms with van der Waals surface area (Å²) in [7, 11) is 0. The molecule has 0 aromatic heterocycles. The van der Waals surface area contributed by atoms with Gasteiger partial charge >= 0.3 is 0 Å². The van der Waals surface area contributed by atoms with Crippen molar-refractivity contribution in [3.8, 4) is 0 Å². The van der Waals surface area contributed by atoms with E-state index in [0.717, 1.165) is 17.5 Å². The Morgan fingerprint density at radius 3 is 2.54 bits per heavy atom. The summed E-state index contributed by atoms with van der Waals surface area (Å²) in [5.41, 5.74) is 3.13. The highest BCUT2D eigenvalue weighted by Gasteiger charge is 2.26. The molecular formula is C22H25ClN2O3. The quantitative estimate of drug-likeness (QED) is 0.752. The summed E-state index contributed by atoms with van der Waals surface area (Å²) in [6.45, 7) is 5.59. The number of nitrogens with zero attached hydrogens (tertiary/aromatic N) is 1. The lowest BCUT2D eigenvalue weighted by atomic mass is 10.1. The molecular weight excluding hydrogens is 376 g/mol. The SMILES string of the molecule is CC(C)OCc1ccc(CNC(=O)c2ccc(Cl)cc2N2CCCC2=O)cc1. The molecule has 0 bridgehead atoms. The zero-order valence-corrected chi connectivity index (χ0v) is 17.0. The van der Waals surface area contributed by atoms with Gasteiger partial charge in [-0.3, -0.25) is 9.59 Å². The molecule has 2 amide bonds. The van der Waals surface area contributed by atoms with E-state index in [9.17, 15) is 9.59 Å². The van der Waals surface area contributed by atoms with Crippen LogP contribution < -0.4 is 10.2 Å². The van der Waals surface area contributed by atoms with Gasteiger partial charge in [-0.05, 0) is 49.6 Å². The van der Waals surface area contributed by atoms with E-state index in [1.54, 1.807) is 23.1 Å². The first-order chi connectivity index (χ1) is 13.4. The number of halogens is 1. The summed E-state index contributed by atoms with van der Waals surface area (Å²) in [6, 6.07) is 13.0. The number of nitrogens with one attached hydrogen (secondary N) is 1. The van der Waals surface area contributed by atoms with Crippen molar-refractivity contribution in [1.29, 1.82) is 0 Å². The van der Waals surface area contributed by atoms with Crippen LogP contribution >= 0.6 is 11.6 Å². The molecule has 1 fully saturated rings. The van der Waals surface area contributed by atoms with Crippen molar-refractivity contribution in [3.05, 3.63) is 64.2 Å².